The predicted molar refractivity (Wildman–Crippen MR) is 81.8 cm³/mol. The van der Waals surface area contributed by atoms with Crippen LogP contribution >= 0.6 is 0 Å². The van der Waals surface area contributed by atoms with Crippen LogP contribution in [0, 0.1) is 0 Å². The van der Waals surface area contributed by atoms with Crippen molar-refractivity contribution in [2.75, 3.05) is 13.2 Å². The molecule has 1 heterocycles. The third kappa shape index (κ3) is 8.71. The van der Waals surface area contributed by atoms with E-state index in [1.807, 2.05) is 0 Å². The summed E-state index contributed by atoms with van der Waals surface area (Å²) in [6.07, 6.45) is -0.429. The number of nitrogens with one attached hydrogen (secondary N) is 2. The van der Waals surface area contributed by atoms with E-state index in [0.717, 1.165) is 0 Å². The minimum atomic E-state index is -0.548. The van der Waals surface area contributed by atoms with Gasteiger partial charge in [0.1, 0.15) is 17.3 Å². The second kappa shape index (κ2) is 7.17. The summed E-state index contributed by atoms with van der Waals surface area (Å²) in [6, 6.07) is -0.190. The summed E-state index contributed by atoms with van der Waals surface area (Å²) >= 11 is 0. The van der Waals surface area contributed by atoms with E-state index >= 15 is 0 Å². The lowest BCUT2D eigenvalue weighted by molar-refractivity contribution is 0.0489. The van der Waals surface area contributed by atoms with Crippen molar-refractivity contribution in [1.82, 2.24) is 10.6 Å². The molecule has 1 saturated heterocycles. The molecule has 0 spiro atoms. The van der Waals surface area contributed by atoms with Crippen molar-refractivity contribution < 1.29 is 23.8 Å². The molecule has 1 unspecified atom stereocenters. The van der Waals surface area contributed by atoms with Crippen molar-refractivity contribution in [3.8, 4) is 0 Å². The van der Waals surface area contributed by atoms with Crippen molar-refractivity contribution in [2.45, 2.75) is 71.3 Å². The summed E-state index contributed by atoms with van der Waals surface area (Å²) in [7, 11) is 0. The smallest absolute Gasteiger partial charge is 0.407 e. The summed E-state index contributed by atoms with van der Waals surface area (Å²) in [5.74, 6) is 0. The summed E-state index contributed by atoms with van der Waals surface area (Å²) in [6.45, 7) is 11.8. The highest BCUT2D eigenvalue weighted by atomic mass is 16.6. The molecule has 1 aliphatic heterocycles. The molecular weight excluding hydrogens is 288 g/mol. The van der Waals surface area contributed by atoms with Crippen molar-refractivity contribution in [3.63, 3.8) is 0 Å². The first-order valence-corrected chi connectivity index (χ1v) is 7.54. The first kappa shape index (κ1) is 18.5. The largest absolute Gasteiger partial charge is 0.444 e. The molecule has 0 aliphatic carbocycles. The number of carbonyl (C=O) groups is 2. The van der Waals surface area contributed by atoms with E-state index in [-0.39, 0.29) is 12.1 Å². The Balaban J connectivity index is 2.33. The normalized spacial score (nSPS) is 19.1. The van der Waals surface area contributed by atoms with Gasteiger partial charge in [-0.1, -0.05) is 0 Å². The molecule has 128 valence electrons. The minimum absolute atomic E-state index is 0.0204. The molecule has 0 aromatic heterocycles. The van der Waals surface area contributed by atoms with Gasteiger partial charge in [-0.05, 0) is 48.0 Å². The van der Waals surface area contributed by atoms with Gasteiger partial charge in [-0.3, -0.25) is 0 Å². The Morgan fingerprint density at radius 1 is 1.09 bits per heavy atom. The Labute approximate surface area is 132 Å². The lowest BCUT2D eigenvalue weighted by atomic mass is 10.1. The van der Waals surface area contributed by atoms with Crippen LogP contribution < -0.4 is 10.6 Å². The maximum atomic E-state index is 11.8. The van der Waals surface area contributed by atoms with Gasteiger partial charge < -0.3 is 24.8 Å². The van der Waals surface area contributed by atoms with E-state index in [9.17, 15) is 9.59 Å². The van der Waals surface area contributed by atoms with Crippen LogP contribution in [0.25, 0.3) is 0 Å². The number of amides is 2. The Hall–Kier alpha value is -1.50. The third-order valence-corrected chi connectivity index (χ3v) is 2.63. The van der Waals surface area contributed by atoms with Crippen LogP contribution in [-0.2, 0) is 14.2 Å². The second-order valence-corrected chi connectivity index (χ2v) is 7.34. The van der Waals surface area contributed by atoms with Crippen LogP contribution in [0.3, 0.4) is 0 Å². The van der Waals surface area contributed by atoms with Crippen molar-refractivity contribution in [2.24, 2.45) is 0 Å². The first-order valence-electron chi connectivity index (χ1n) is 7.54. The van der Waals surface area contributed by atoms with Gasteiger partial charge in [0.05, 0.1) is 12.6 Å². The van der Waals surface area contributed by atoms with E-state index < -0.39 is 23.4 Å². The molecule has 22 heavy (non-hydrogen) atoms. The summed E-state index contributed by atoms with van der Waals surface area (Å²) in [4.78, 5) is 23.3. The molecule has 0 aromatic rings. The maximum absolute atomic E-state index is 11.8. The fourth-order valence-electron chi connectivity index (χ4n) is 1.74. The van der Waals surface area contributed by atoms with Crippen LogP contribution in [-0.4, -0.2) is 48.7 Å². The molecule has 1 rings (SSSR count). The Bertz CT molecular complexity index is 394. The second-order valence-electron chi connectivity index (χ2n) is 7.34. The van der Waals surface area contributed by atoms with Gasteiger partial charge in [-0.2, -0.15) is 0 Å². The molecular formula is C15H28N2O5. The molecule has 0 aromatic carbocycles. The van der Waals surface area contributed by atoms with Crippen molar-refractivity contribution in [1.29, 1.82) is 0 Å². The molecule has 7 nitrogen and oxygen atoms in total. The molecule has 2 N–H and O–H groups in total. The number of hydrogen-bond acceptors (Lipinski definition) is 5. The van der Waals surface area contributed by atoms with Crippen LogP contribution in [0.15, 0.2) is 0 Å². The highest BCUT2D eigenvalue weighted by Gasteiger charge is 2.34. The van der Waals surface area contributed by atoms with E-state index in [1.54, 1.807) is 41.5 Å². The van der Waals surface area contributed by atoms with E-state index in [4.69, 9.17) is 14.2 Å². The molecule has 0 saturated carbocycles. The van der Waals surface area contributed by atoms with Gasteiger partial charge in [0.2, 0.25) is 0 Å². The number of hydrogen-bond donors (Lipinski definition) is 2. The Morgan fingerprint density at radius 2 is 1.59 bits per heavy atom. The zero-order valence-corrected chi connectivity index (χ0v) is 14.3. The average molecular weight is 316 g/mol. The van der Waals surface area contributed by atoms with Crippen molar-refractivity contribution in [3.05, 3.63) is 0 Å². The number of ether oxygens (including phenoxy) is 3. The first-order chi connectivity index (χ1) is 9.96. The topological polar surface area (TPSA) is 89.2 Å². The van der Waals surface area contributed by atoms with Gasteiger partial charge in [-0.15, -0.1) is 0 Å². The quantitative estimate of drug-likeness (QED) is 0.759. The SMILES string of the molecule is CC(C)(C)OC(=O)NCC[C@@H](NC(=O)OC(C)(C)C)C1CO1. The van der Waals surface area contributed by atoms with Gasteiger partial charge in [0, 0.05) is 6.54 Å². The van der Waals surface area contributed by atoms with Crippen LogP contribution in [0.4, 0.5) is 9.59 Å². The van der Waals surface area contributed by atoms with Crippen molar-refractivity contribution >= 4 is 12.2 Å². The number of carbonyl (C=O) groups excluding carboxylic acids is 2. The standard InChI is InChI=1S/C15H28N2O5/c1-14(2,3)21-12(18)16-8-7-10(11-9-20-11)17-13(19)22-15(4,5)6/h10-11H,7-9H2,1-6H3,(H,16,18)(H,17,19)/t10-,11?/m1/s1. The van der Waals surface area contributed by atoms with E-state index in [1.165, 1.54) is 0 Å². The predicted octanol–water partition coefficient (Wildman–Crippen LogP) is 2.19. The lowest BCUT2D eigenvalue weighted by Gasteiger charge is -2.23. The van der Waals surface area contributed by atoms with Gasteiger partial charge in [0.25, 0.3) is 0 Å². The maximum Gasteiger partial charge on any atom is 0.407 e. The van der Waals surface area contributed by atoms with Crippen LogP contribution in [0.5, 0.6) is 0 Å². The van der Waals surface area contributed by atoms with Gasteiger partial charge in [-0.25, -0.2) is 9.59 Å². The molecule has 1 aliphatic rings. The zero-order chi connectivity index (χ0) is 17.0. The average Bonchev–Trinajstić information content (AvgIpc) is 3.05. The highest BCUT2D eigenvalue weighted by molar-refractivity contribution is 5.68. The molecule has 7 heteroatoms. The molecule has 0 bridgehead atoms. The fraction of sp³-hybridized carbons (Fsp3) is 0.867. The molecule has 2 amide bonds. The van der Waals surface area contributed by atoms with Gasteiger partial charge in [0.15, 0.2) is 0 Å². The minimum Gasteiger partial charge on any atom is -0.444 e. The number of alkyl carbamates (subject to hydrolysis) is 2. The fourth-order valence-corrected chi connectivity index (χ4v) is 1.74. The van der Waals surface area contributed by atoms with E-state index in [2.05, 4.69) is 10.6 Å². The summed E-state index contributed by atoms with van der Waals surface area (Å²) in [5, 5.41) is 5.44. The molecule has 0 radical (unpaired) electrons. The van der Waals surface area contributed by atoms with Crippen LogP contribution in [0.1, 0.15) is 48.0 Å². The Kier molecular flexibility index (Phi) is 6.05. The summed E-state index contributed by atoms with van der Waals surface area (Å²) < 4.78 is 15.6. The lowest BCUT2D eigenvalue weighted by Crippen LogP contribution is -2.44. The molecule has 2 atom stereocenters. The summed E-state index contributed by atoms with van der Waals surface area (Å²) in [5.41, 5.74) is -1.08. The van der Waals surface area contributed by atoms with Crippen LogP contribution in [0.2, 0.25) is 0 Å². The monoisotopic (exact) mass is 316 g/mol. The van der Waals surface area contributed by atoms with Gasteiger partial charge >= 0.3 is 12.2 Å². The number of epoxide rings is 1. The number of rotatable bonds is 5. The highest BCUT2D eigenvalue weighted by Crippen LogP contribution is 2.17. The van der Waals surface area contributed by atoms with E-state index in [0.29, 0.717) is 19.6 Å². The Morgan fingerprint density at radius 3 is 2.05 bits per heavy atom. The third-order valence-electron chi connectivity index (χ3n) is 2.63. The molecule has 1 fully saturated rings. The zero-order valence-electron chi connectivity index (χ0n) is 14.3.